The fourth-order valence-electron chi connectivity index (χ4n) is 3.82. The molecule has 1 aliphatic heterocycles. The second kappa shape index (κ2) is 8.99. The lowest BCUT2D eigenvalue weighted by Gasteiger charge is -2.41. The number of carbonyl (C=O) groups is 2. The molecule has 0 spiro atoms. The number of hydrogen-bond donors (Lipinski definition) is 1. The average molecular weight is 439 g/mol. The van der Waals surface area contributed by atoms with Crippen molar-refractivity contribution in [3.63, 3.8) is 0 Å². The van der Waals surface area contributed by atoms with Crippen molar-refractivity contribution in [3.05, 3.63) is 83.0 Å². The highest BCUT2D eigenvalue weighted by molar-refractivity contribution is 7.13. The maximum Gasteiger partial charge on any atom is 0.251 e. The first-order valence-electron chi connectivity index (χ1n) is 10.0. The first kappa shape index (κ1) is 21.2. The summed E-state index contributed by atoms with van der Waals surface area (Å²) in [5, 5.41) is 2.02. The molecule has 1 aliphatic rings. The molecule has 2 amide bonds. The smallest absolute Gasteiger partial charge is 0.251 e. The van der Waals surface area contributed by atoms with Gasteiger partial charge in [-0.25, -0.2) is 4.39 Å². The number of benzene rings is 2. The molecule has 0 saturated carbocycles. The van der Waals surface area contributed by atoms with E-state index in [-0.39, 0.29) is 31.9 Å². The Labute approximate surface area is 184 Å². The van der Waals surface area contributed by atoms with Crippen LogP contribution in [0.2, 0.25) is 0 Å². The van der Waals surface area contributed by atoms with Crippen molar-refractivity contribution in [2.45, 2.75) is 18.4 Å². The summed E-state index contributed by atoms with van der Waals surface area (Å²) in [5.74, 6) is -1.29. The molecule has 4 rings (SSSR count). The van der Waals surface area contributed by atoms with Crippen LogP contribution in [0.4, 0.5) is 4.39 Å². The normalized spacial score (nSPS) is 18.7. The molecule has 0 aliphatic carbocycles. The third-order valence-electron chi connectivity index (χ3n) is 5.54. The molecule has 5 nitrogen and oxygen atoms in total. The first-order chi connectivity index (χ1) is 15.0. The Balaban J connectivity index is 1.50. The standard InChI is InChI=1S/C24H23FN2O3S/c25-20-5-2-1-4-19(20)14-22(28)27-11-12-30-24(16-27,23(26)29)15-17-7-9-18(10-8-17)21-6-3-13-31-21/h1-10,13H,11-12,14-16H2,(H2,26,29)/t24-/m0/s1. The van der Waals surface area contributed by atoms with E-state index < -0.39 is 17.3 Å². The lowest BCUT2D eigenvalue weighted by Crippen LogP contribution is -2.61. The van der Waals surface area contributed by atoms with E-state index in [2.05, 4.69) is 0 Å². The van der Waals surface area contributed by atoms with E-state index >= 15 is 0 Å². The van der Waals surface area contributed by atoms with Gasteiger partial charge in [-0.3, -0.25) is 9.59 Å². The molecule has 31 heavy (non-hydrogen) atoms. The van der Waals surface area contributed by atoms with Gasteiger partial charge in [0.05, 0.1) is 19.6 Å². The van der Waals surface area contributed by atoms with Crippen molar-refractivity contribution in [1.82, 2.24) is 4.90 Å². The summed E-state index contributed by atoms with van der Waals surface area (Å²) < 4.78 is 19.8. The summed E-state index contributed by atoms with van der Waals surface area (Å²) >= 11 is 1.66. The summed E-state index contributed by atoms with van der Waals surface area (Å²) in [6.45, 7) is 0.571. The zero-order valence-corrected chi connectivity index (χ0v) is 17.7. The predicted molar refractivity (Wildman–Crippen MR) is 118 cm³/mol. The number of nitrogens with zero attached hydrogens (tertiary/aromatic N) is 1. The minimum atomic E-state index is -1.31. The third kappa shape index (κ3) is 4.68. The van der Waals surface area contributed by atoms with E-state index in [0.29, 0.717) is 12.1 Å². The van der Waals surface area contributed by atoms with Crippen LogP contribution in [0.25, 0.3) is 10.4 Å². The molecule has 3 aromatic rings. The molecule has 0 radical (unpaired) electrons. The van der Waals surface area contributed by atoms with Crippen molar-refractivity contribution in [3.8, 4) is 10.4 Å². The van der Waals surface area contributed by atoms with Crippen LogP contribution >= 0.6 is 11.3 Å². The third-order valence-corrected chi connectivity index (χ3v) is 6.46. The van der Waals surface area contributed by atoms with Crippen molar-refractivity contribution in [2.75, 3.05) is 19.7 Å². The minimum Gasteiger partial charge on any atom is -0.367 e. The average Bonchev–Trinajstić information content (AvgIpc) is 3.31. The largest absolute Gasteiger partial charge is 0.367 e. The fourth-order valence-corrected chi connectivity index (χ4v) is 4.55. The monoisotopic (exact) mass is 438 g/mol. The molecular formula is C24H23FN2O3S. The summed E-state index contributed by atoms with van der Waals surface area (Å²) in [7, 11) is 0. The molecule has 2 heterocycles. The van der Waals surface area contributed by atoms with E-state index in [1.54, 1.807) is 34.4 Å². The second-order valence-electron chi connectivity index (χ2n) is 7.64. The van der Waals surface area contributed by atoms with Crippen molar-refractivity contribution in [2.24, 2.45) is 5.73 Å². The van der Waals surface area contributed by atoms with Crippen LogP contribution in [-0.2, 0) is 27.2 Å². The number of halogens is 1. The van der Waals surface area contributed by atoms with Gasteiger partial charge >= 0.3 is 0 Å². The zero-order chi connectivity index (χ0) is 21.8. The Bertz CT molecular complexity index is 1070. The van der Waals surface area contributed by atoms with Gasteiger partial charge in [0.2, 0.25) is 5.91 Å². The summed E-state index contributed by atoms with van der Waals surface area (Å²) in [6, 6.07) is 18.1. The molecular weight excluding hydrogens is 415 g/mol. The highest BCUT2D eigenvalue weighted by Gasteiger charge is 2.43. The van der Waals surface area contributed by atoms with E-state index in [1.165, 1.54) is 6.07 Å². The zero-order valence-electron chi connectivity index (χ0n) is 16.9. The summed E-state index contributed by atoms with van der Waals surface area (Å²) in [6.07, 6.45) is 0.188. The summed E-state index contributed by atoms with van der Waals surface area (Å²) in [5.41, 5.74) is 6.74. The quantitative estimate of drug-likeness (QED) is 0.641. The molecule has 1 saturated heterocycles. The maximum atomic E-state index is 14.0. The molecule has 0 bridgehead atoms. The van der Waals surface area contributed by atoms with Crippen LogP contribution in [0.1, 0.15) is 11.1 Å². The Hall–Kier alpha value is -3.03. The number of thiophene rings is 1. The topological polar surface area (TPSA) is 72.6 Å². The van der Waals surface area contributed by atoms with Crippen LogP contribution < -0.4 is 5.73 Å². The van der Waals surface area contributed by atoms with Gasteiger partial charge < -0.3 is 15.4 Å². The lowest BCUT2D eigenvalue weighted by atomic mass is 9.91. The summed E-state index contributed by atoms with van der Waals surface area (Å²) in [4.78, 5) is 27.9. The number of primary amides is 1. The highest BCUT2D eigenvalue weighted by Crippen LogP contribution is 2.28. The Morgan fingerprint density at radius 3 is 2.55 bits per heavy atom. The first-order valence-corrected chi connectivity index (χ1v) is 10.9. The van der Waals surface area contributed by atoms with Crippen molar-refractivity contribution in [1.29, 1.82) is 0 Å². The number of morpholine rings is 1. The van der Waals surface area contributed by atoms with Gasteiger partial charge in [-0.05, 0) is 34.2 Å². The maximum absolute atomic E-state index is 14.0. The predicted octanol–water partition coefficient (Wildman–Crippen LogP) is 3.42. The Morgan fingerprint density at radius 1 is 1.10 bits per heavy atom. The number of rotatable bonds is 6. The number of carbonyl (C=O) groups excluding carboxylic acids is 2. The molecule has 7 heteroatoms. The van der Waals surface area contributed by atoms with E-state index in [0.717, 1.165) is 16.0 Å². The minimum absolute atomic E-state index is 0.0439. The molecule has 0 unspecified atom stereocenters. The van der Waals surface area contributed by atoms with Gasteiger partial charge in [0.1, 0.15) is 5.82 Å². The molecule has 2 N–H and O–H groups in total. The fraction of sp³-hybridized carbons (Fsp3) is 0.250. The van der Waals surface area contributed by atoms with Crippen LogP contribution in [0.15, 0.2) is 66.0 Å². The van der Waals surface area contributed by atoms with Gasteiger partial charge in [0.15, 0.2) is 5.60 Å². The SMILES string of the molecule is NC(=O)[C@]1(Cc2ccc(-c3cccs3)cc2)CN(C(=O)Cc2ccccc2F)CCO1. The highest BCUT2D eigenvalue weighted by atomic mass is 32.1. The molecule has 160 valence electrons. The number of nitrogens with two attached hydrogens (primary N) is 1. The van der Waals surface area contributed by atoms with Gasteiger partial charge in [0, 0.05) is 17.8 Å². The lowest BCUT2D eigenvalue weighted by molar-refractivity contribution is -0.163. The van der Waals surface area contributed by atoms with E-state index in [1.807, 2.05) is 41.8 Å². The van der Waals surface area contributed by atoms with Crippen molar-refractivity contribution < 1.29 is 18.7 Å². The molecule has 1 aromatic heterocycles. The van der Waals surface area contributed by atoms with Gasteiger partial charge in [-0.15, -0.1) is 11.3 Å². The van der Waals surface area contributed by atoms with E-state index in [4.69, 9.17) is 10.5 Å². The molecule has 1 fully saturated rings. The van der Waals surface area contributed by atoms with Crippen LogP contribution in [-0.4, -0.2) is 42.0 Å². The Morgan fingerprint density at radius 2 is 1.87 bits per heavy atom. The molecule has 2 aromatic carbocycles. The van der Waals surface area contributed by atoms with Gasteiger partial charge in [-0.2, -0.15) is 0 Å². The second-order valence-corrected chi connectivity index (χ2v) is 8.59. The Kier molecular flexibility index (Phi) is 6.15. The number of amides is 2. The molecule has 1 atom stereocenters. The van der Waals surface area contributed by atoms with Gasteiger partial charge in [-0.1, -0.05) is 48.5 Å². The number of ether oxygens (including phenoxy) is 1. The van der Waals surface area contributed by atoms with E-state index in [9.17, 15) is 14.0 Å². The van der Waals surface area contributed by atoms with Gasteiger partial charge in [0.25, 0.3) is 5.91 Å². The van der Waals surface area contributed by atoms with Crippen LogP contribution in [0.5, 0.6) is 0 Å². The van der Waals surface area contributed by atoms with Crippen LogP contribution in [0.3, 0.4) is 0 Å². The van der Waals surface area contributed by atoms with Crippen molar-refractivity contribution >= 4 is 23.2 Å². The number of hydrogen-bond acceptors (Lipinski definition) is 4. The van der Waals surface area contributed by atoms with Crippen LogP contribution in [0, 0.1) is 5.82 Å².